The highest BCUT2D eigenvalue weighted by Crippen LogP contribution is 2.33. The minimum atomic E-state index is 0.198. The van der Waals surface area contributed by atoms with Gasteiger partial charge in [0, 0.05) is 15.8 Å². The predicted molar refractivity (Wildman–Crippen MR) is 62.6 cm³/mol. The Morgan fingerprint density at radius 3 is 2.93 bits per heavy atom. The lowest BCUT2D eigenvalue weighted by Gasteiger charge is -2.07. The number of ketones is 1. The molecule has 1 atom stereocenters. The van der Waals surface area contributed by atoms with Crippen LogP contribution < -0.4 is 0 Å². The number of carbonyl (C=O) groups is 1. The van der Waals surface area contributed by atoms with Crippen LogP contribution in [0.1, 0.15) is 19.3 Å². The molecule has 14 heavy (non-hydrogen) atoms. The first kappa shape index (κ1) is 10.2. The molecule has 0 N–H and O–H groups in total. The van der Waals surface area contributed by atoms with Crippen molar-refractivity contribution in [2.75, 3.05) is 0 Å². The molecule has 1 fully saturated rings. The van der Waals surface area contributed by atoms with Gasteiger partial charge in [-0.2, -0.15) is 0 Å². The summed E-state index contributed by atoms with van der Waals surface area (Å²) in [5.41, 5.74) is 0. The van der Waals surface area contributed by atoms with Crippen LogP contribution in [0.5, 0.6) is 0 Å². The topological polar surface area (TPSA) is 17.1 Å². The smallest absolute Gasteiger partial charge is 0.146 e. The van der Waals surface area contributed by atoms with Crippen molar-refractivity contribution in [3.05, 3.63) is 28.7 Å². The zero-order valence-corrected chi connectivity index (χ0v) is 10.1. The molecule has 1 aromatic carbocycles. The molecule has 1 aromatic rings. The normalized spacial score (nSPS) is 21.5. The summed E-state index contributed by atoms with van der Waals surface area (Å²) in [5.74, 6) is 0.412. The van der Waals surface area contributed by atoms with Gasteiger partial charge in [0.15, 0.2) is 0 Å². The summed E-state index contributed by atoms with van der Waals surface area (Å²) < 4.78 is 1.08. The molecule has 0 heterocycles. The van der Waals surface area contributed by atoms with E-state index in [2.05, 4.69) is 28.1 Å². The van der Waals surface area contributed by atoms with Gasteiger partial charge in [-0.05, 0) is 31.0 Å². The fraction of sp³-hybridized carbons (Fsp3) is 0.364. The molecule has 3 heteroatoms. The SMILES string of the molecule is O=C1CCCC1Sc1cccc(Br)c1. The maximum atomic E-state index is 11.4. The van der Waals surface area contributed by atoms with Crippen LogP contribution >= 0.6 is 27.7 Å². The van der Waals surface area contributed by atoms with Gasteiger partial charge in [-0.25, -0.2) is 0 Å². The fourth-order valence-electron chi connectivity index (χ4n) is 1.61. The zero-order chi connectivity index (χ0) is 9.97. The van der Waals surface area contributed by atoms with Crippen molar-refractivity contribution in [3.63, 3.8) is 0 Å². The lowest BCUT2D eigenvalue weighted by molar-refractivity contribution is -0.116. The van der Waals surface area contributed by atoms with Crippen molar-refractivity contribution in [1.29, 1.82) is 0 Å². The number of hydrogen-bond donors (Lipinski definition) is 0. The van der Waals surface area contributed by atoms with Crippen molar-refractivity contribution in [2.45, 2.75) is 29.4 Å². The Labute approximate surface area is 96.4 Å². The number of hydrogen-bond acceptors (Lipinski definition) is 2. The highest BCUT2D eigenvalue weighted by atomic mass is 79.9. The standard InChI is InChI=1S/C11H11BrOS/c12-8-3-1-4-9(7-8)14-11-6-2-5-10(11)13/h1,3-4,7,11H,2,5-6H2. The van der Waals surface area contributed by atoms with Crippen molar-refractivity contribution >= 4 is 33.5 Å². The highest BCUT2D eigenvalue weighted by molar-refractivity contribution is 9.10. The van der Waals surface area contributed by atoms with Crippen LogP contribution in [0.2, 0.25) is 0 Å². The first-order valence-corrected chi connectivity index (χ1v) is 6.38. The Morgan fingerprint density at radius 1 is 1.43 bits per heavy atom. The first-order valence-electron chi connectivity index (χ1n) is 4.70. The van der Waals surface area contributed by atoms with Gasteiger partial charge in [0.25, 0.3) is 0 Å². The Hall–Kier alpha value is -0.280. The Balaban J connectivity index is 2.07. The zero-order valence-electron chi connectivity index (χ0n) is 7.70. The second kappa shape index (κ2) is 4.49. The molecule has 0 bridgehead atoms. The summed E-state index contributed by atoms with van der Waals surface area (Å²) in [7, 11) is 0. The predicted octanol–water partition coefficient (Wildman–Crippen LogP) is 3.66. The molecule has 1 aliphatic carbocycles. The maximum absolute atomic E-state index is 11.4. The summed E-state index contributed by atoms with van der Waals surface area (Å²) in [6, 6.07) is 8.13. The van der Waals surface area contributed by atoms with Crippen molar-refractivity contribution in [2.24, 2.45) is 0 Å². The minimum Gasteiger partial charge on any atom is -0.298 e. The molecule has 74 valence electrons. The van der Waals surface area contributed by atoms with E-state index >= 15 is 0 Å². The van der Waals surface area contributed by atoms with Gasteiger partial charge in [0.1, 0.15) is 5.78 Å². The molecule has 0 aromatic heterocycles. The summed E-state index contributed by atoms with van der Waals surface area (Å²) in [6.07, 6.45) is 2.87. The van der Waals surface area contributed by atoms with E-state index in [0.717, 1.165) is 23.7 Å². The highest BCUT2D eigenvalue weighted by Gasteiger charge is 2.24. The van der Waals surface area contributed by atoms with E-state index in [9.17, 15) is 4.79 Å². The van der Waals surface area contributed by atoms with Crippen molar-refractivity contribution in [1.82, 2.24) is 0 Å². The van der Waals surface area contributed by atoms with Crippen LogP contribution in [-0.2, 0) is 4.79 Å². The molecule has 1 saturated carbocycles. The van der Waals surface area contributed by atoms with E-state index < -0.39 is 0 Å². The third kappa shape index (κ3) is 2.39. The molecule has 1 unspecified atom stereocenters. The van der Waals surface area contributed by atoms with Crippen LogP contribution in [0.15, 0.2) is 33.6 Å². The maximum Gasteiger partial charge on any atom is 0.146 e. The third-order valence-electron chi connectivity index (χ3n) is 2.32. The van der Waals surface area contributed by atoms with Gasteiger partial charge < -0.3 is 0 Å². The van der Waals surface area contributed by atoms with Gasteiger partial charge in [-0.1, -0.05) is 22.0 Å². The second-order valence-corrected chi connectivity index (χ2v) is 5.61. The molecular formula is C11H11BrOS. The van der Waals surface area contributed by atoms with E-state index in [-0.39, 0.29) is 5.25 Å². The second-order valence-electron chi connectivity index (χ2n) is 3.42. The number of Topliss-reactive ketones (excluding diaryl/α,β-unsaturated/α-hetero) is 1. The average Bonchev–Trinajstić information content (AvgIpc) is 2.52. The Kier molecular flexibility index (Phi) is 3.29. The van der Waals surface area contributed by atoms with Crippen molar-refractivity contribution in [3.8, 4) is 0 Å². The van der Waals surface area contributed by atoms with Gasteiger partial charge in [0.05, 0.1) is 5.25 Å². The van der Waals surface area contributed by atoms with Crippen LogP contribution in [0.3, 0.4) is 0 Å². The van der Waals surface area contributed by atoms with Crippen LogP contribution in [-0.4, -0.2) is 11.0 Å². The molecule has 2 rings (SSSR count). The molecule has 0 amide bonds. The summed E-state index contributed by atoms with van der Waals surface area (Å²) in [6.45, 7) is 0. The minimum absolute atomic E-state index is 0.198. The number of benzene rings is 1. The third-order valence-corrected chi connectivity index (χ3v) is 4.13. The van der Waals surface area contributed by atoms with E-state index in [1.165, 1.54) is 4.90 Å². The monoisotopic (exact) mass is 270 g/mol. The molecule has 1 aliphatic rings. The molecule has 0 aliphatic heterocycles. The number of halogens is 1. The molecule has 0 spiro atoms. The first-order chi connectivity index (χ1) is 6.75. The molecule has 0 radical (unpaired) electrons. The molecule has 0 saturated heterocycles. The number of rotatable bonds is 2. The summed E-state index contributed by atoms with van der Waals surface area (Å²) in [4.78, 5) is 12.6. The Bertz CT molecular complexity index is 351. The van der Waals surface area contributed by atoms with Crippen LogP contribution in [0, 0.1) is 0 Å². The van der Waals surface area contributed by atoms with E-state index in [4.69, 9.17) is 0 Å². The quantitative estimate of drug-likeness (QED) is 0.816. The van der Waals surface area contributed by atoms with E-state index in [1.54, 1.807) is 11.8 Å². The van der Waals surface area contributed by atoms with Crippen LogP contribution in [0.25, 0.3) is 0 Å². The average molecular weight is 271 g/mol. The fourth-order valence-corrected chi connectivity index (χ4v) is 3.38. The van der Waals surface area contributed by atoms with E-state index in [1.807, 2.05) is 12.1 Å². The lowest BCUT2D eigenvalue weighted by Crippen LogP contribution is -2.07. The Morgan fingerprint density at radius 2 is 2.29 bits per heavy atom. The lowest BCUT2D eigenvalue weighted by atomic mass is 10.3. The van der Waals surface area contributed by atoms with E-state index in [0.29, 0.717) is 5.78 Å². The van der Waals surface area contributed by atoms with Gasteiger partial charge >= 0.3 is 0 Å². The van der Waals surface area contributed by atoms with Crippen molar-refractivity contribution < 1.29 is 4.79 Å². The number of carbonyl (C=O) groups excluding carboxylic acids is 1. The van der Waals surface area contributed by atoms with Gasteiger partial charge in [0.2, 0.25) is 0 Å². The van der Waals surface area contributed by atoms with Gasteiger partial charge in [-0.15, -0.1) is 11.8 Å². The molecular weight excluding hydrogens is 260 g/mol. The largest absolute Gasteiger partial charge is 0.298 e. The number of thioether (sulfide) groups is 1. The summed E-state index contributed by atoms with van der Waals surface area (Å²) in [5, 5.41) is 0.198. The molecule has 1 nitrogen and oxygen atoms in total. The summed E-state index contributed by atoms with van der Waals surface area (Å²) >= 11 is 5.12. The van der Waals surface area contributed by atoms with Gasteiger partial charge in [-0.3, -0.25) is 4.79 Å². The van der Waals surface area contributed by atoms with Crippen LogP contribution in [0.4, 0.5) is 0 Å².